The van der Waals surface area contributed by atoms with Crippen LogP contribution in [0.4, 0.5) is 0 Å². The van der Waals surface area contributed by atoms with Gasteiger partial charge in [-0.15, -0.1) is 0 Å². The van der Waals surface area contributed by atoms with Gasteiger partial charge < -0.3 is 14.6 Å². The quantitative estimate of drug-likeness (QED) is 0.797. The number of benzene rings is 1. The van der Waals surface area contributed by atoms with E-state index in [0.29, 0.717) is 16.5 Å². The molecule has 1 aliphatic rings. The van der Waals surface area contributed by atoms with Crippen LogP contribution < -0.4 is 5.56 Å². The Morgan fingerprint density at radius 1 is 1.38 bits per heavy atom. The fourth-order valence-corrected chi connectivity index (χ4v) is 2.76. The Bertz CT molecular complexity index is 929. The first kappa shape index (κ1) is 16.8. The zero-order valence-corrected chi connectivity index (χ0v) is 14.6. The molecule has 0 radical (unpaired) electrons. The molecule has 3 rings (SSSR count). The number of halogens is 1. The number of hydrogen-bond acceptors (Lipinski definition) is 5. The lowest BCUT2D eigenvalue weighted by molar-refractivity contribution is -0.116. The maximum Gasteiger partial charge on any atom is 0.262 e. The minimum atomic E-state index is -0.766. The zero-order chi connectivity index (χ0) is 17.5. The second-order valence-corrected chi connectivity index (χ2v) is 6.53. The molecular formula is C16H15ClN2O4S. The summed E-state index contributed by atoms with van der Waals surface area (Å²) in [6.45, 7) is 3.73. The van der Waals surface area contributed by atoms with E-state index in [-0.39, 0.29) is 22.8 Å². The van der Waals surface area contributed by atoms with Gasteiger partial charge >= 0.3 is 0 Å². The van der Waals surface area contributed by atoms with E-state index in [1.54, 1.807) is 38.1 Å². The van der Waals surface area contributed by atoms with Crippen LogP contribution in [0.3, 0.4) is 0 Å². The van der Waals surface area contributed by atoms with Crippen LogP contribution >= 0.6 is 23.8 Å². The zero-order valence-electron chi connectivity index (χ0n) is 13.0. The Morgan fingerprint density at radius 3 is 2.62 bits per heavy atom. The van der Waals surface area contributed by atoms with E-state index in [1.807, 2.05) is 0 Å². The molecule has 8 heteroatoms. The summed E-state index contributed by atoms with van der Waals surface area (Å²) in [5.41, 5.74) is 0.0973. The topological polar surface area (TPSA) is 76.5 Å². The molecule has 1 aromatic carbocycles. The minimum Gasteiger partial charge on any atom is -0.494 e. The van der Waals surface area contributed by atoms with E-state index in [2.05, 4.69) is 4.98 Å². The van der Waals surface area contributed by atoms with Gasteiger partial charge in [0.15, 0.2) is 4.77 Å². The van der Waals surface area contributed by atoms with Crippen molar-refractivity contribution in [3.8, 4) is 11.6 Å². The molecule has 1 fully saturated rings. The monoisotopic (exact) mass is 366 g/mol. The second-order valence-electron chi connectivity index (χ2n) is 5.71. The van der Waals surface area contributed by atoms with Crippen molar-refractivity contribution in [2.75, 3.05) is 6.61 Å². The maximum atomic E-state index is 12.2. The molecule has 0 bridgehead atoms. The van der Waals surface area contributed by atoms with Gasteiger partial charge in [-0.25, -0.2) is 0 Å². The molecule has 0 atom stereocenters. The Hall–Kier alpha value is -2.09. The summed E-state index contributed by atoms with van der Waals surface area (Å²) < 4.78 is 12.4. The molecule has 0 unspecified atom stereocenters. The predicted octanol–water partition coefficient (Wildman–Crippen LogP) is 3.38. The van der Waals surface area contributed by atoms with Crippen LogP contribution in [0.2, 0.25) is 5.02 Å². The molecule has 1 saturated heterocycles. The van der Waals surface area contributed by atoms with E-state index in [0.717, 1.165) is 0 Å². The SMILES string of the molecule is CC1(C)OCC(=Cc2c(O)n(-c3ccc(Cl)cc3)c(=S)[nH]c2=O)O1. The normalized spacial score (nSPS) is 17.9. The highest BCUT2D eigenvalue weighted by atomic mass is 35.5. The van der Waals surface area contributed by atoms with Crippen molar-refractivity contribution in [2.45, 2.75) is 19.6 Å². The highest BCUT2D eigenvalue weighted by Gasteiger charge is 2.29. The van der Waals surface area contributed by atoms with Gasteiger partial charge in [-0.1, -0.05) is 11.6 Å². The molecule has 1 aromatic heterocycles. The van der Waals surface area contributed by atoms with E-state index in [9.17, 15) is 9.90 Å². The Labute approximate surface area is 147 Å². The third kappa shape index (κ3) is 3.24. The highest BCUT2D eigenvalue weighted by molar-refractivity contribution is 7.71. The average Bonchev–Trinajstić information content (AvgIpc) is 2.84. The van der Waals surface area contributed by atoms with Crippen molar-refractivity contribution in [3.63, 3.8) is 0 Å². The second kappa shape index (κ2) is 6.08. The average molecular weight is 367 g/mol. The van der Waals surface area contributed by atoms with Crippen LogP contribution in [0.5, 0.6) is 5.88 Å². The first-order chi connectivity index (χ1) is 11.3. The molecule has 6 nitrogen and oxygen atoms in total. The van der Waals surface area contributed by atoms with Crippen LogP contribution in [-0.2, 0) is 9.47 Å². The summed E-state index contributed by atoms with van der Waals surface area (Å²) >= 11 is 11.0. The largest absolute Gasteiger partial charge is 0.494 e. The lowest BCUT2D eigenvalue weighted by atomic mass is 10.2. The van der Waals surface area contributed by atoms with Crippen LogP contribution in [0.15, 0.2) is 34.8 Å². The van der Waals surface area contributed by atoms with Gasteiger partial charge in [0.05, 0.1) is 5.69 Å². The molecule has 0 spiro atoms. The fraction of sp³-hybridized carbons (Fsp3) is 0.250. The van der Waals surface area contributed by atoms with Crippen LogP contribution in [-0.4, -0.2) is 27.1 Å². The van der Waals surface area contributed by atoms with Gasteiger partial charge in [0, 0.05) is 18.9 Å². The molecule has 126 valence electrons. The number of aromatic nitrogens is 2. The van der Waals surface area contributed by atoms with Gasteiger partial charge in [0.2, 0.25) is 11.7 Å². The van der Waals surface area contributed by atoms with Crippen molar-refractivity contribution >= 4 is 29.9 Å². The van der Waals surface area contributed by atoms with Gasteiger partial charge in [-0.2, -0.15) is 0 Å². The molecule has 0 amide bonds. The number of nitrogens with zero attached hydrogens (tertiary/aromatic N) is 1. The summed E-state index contributed by atoms with van der Waals surface area (Å²) in [5, 5.41) is 11.1. The number of aromatic amines is 1. The molecular weight excluding hydrogens is 352 g/mol. The van der Waals surface area contributed by atoms with E-state index in [1.165, 1.54) is 10.6 Å². The van der Waals surface area contributed by atoms with Gasteiger partial charge in [-0.05, 0) is 42.6 Å². The lowest BCUT2D eigenvalue weighted by Gasteiger charge is -2.15. The van der Waals surface area contributed by atoms with E-state index >= 15 is 0 Å². The van der Waals surface area contributed by atoms with Crippen molar-refractivity contribution < 1.29 is 14.6 Å². The van der Waals surface area contributed by atoms with Crippen LogP contribution in [0, 0.1) is 4.77 Å². The smallest absolute Gasteiger partial charge is 0.262 e. The Kier molecular flexibility index (Phi) is 4.25. The lowest BCUT2D eigenvalue weighted by Crippen LogP contribution is -2.19. The molecule has 0 aliphatic carbocycles. The van der Waals surface area contributed by atoms with Crippen molar-refractivity contribution in [1.82, 2.24) is 9.55 Å². The Morgan fingerprint density at radius 2 is 2.04 bits per heavy atom. The number of hydrogen-bond donors (Lipinski definition) is 2. The van der Waals surface area contributed by atoms with Crippen molar-refractivity contribution in [1.29, 1.82) is 0 Å². The van der Waals surface area contributed by atoms with Crippen molar-refractivity contribution in [3.05, 3.63) is 55.7 Å². The molecule has 1 aliphatic heterocycles. The first-order valence-corrected chi connectivity index (χ1v) is 7.93. The molecule has 2 heterocycles. The summed E-state index contributed by atoms with van der Waals surface area (Å²) in [7, 11) is 0. The van der Waals surface area contributed by atoms with E-state index in [4.69, 9.17) is 33.3 Å². The molecule has 0 saturated carbocycles. The standard InChI is InChI=1S/C16H15ClN2O4S/c1-16(2)22-8-11(23-16)7-12-13(20)18-15(24)19(14(12)21)10-5-3-9(17)4-6-10/h3-7,21H,8H2,1-2H3,(H,18,20,24). The third-order valence-corrected chi connectivity index (χ3v) is 3.99. The number of nitrogens with one attached hydrogen (secondary N) is 1. The summed E-state index contributed by atoms with van der Waals surface area (Å²) in [6, 6.07) is 6.70. The fourth-order valence-electron chi connectivity index (χ4n) is 2.35. The predicted molar refractivity (Wildman–Crippen MR) is 93.0 cm³/mol. The minimum absolute atomic E-state index is 0.0369. The molecule has 2 aromatic rings. The maximum absolute atomic E-state index is 12.2. The third-order valence-electron chi connectivity index (χ3n) is 3.45. The number of H-pyrrole nitrogens is 1. The summed E-state index contributed by atoms with van der Waals surface area (Å²) in [5.74, 6) is -0.606. The Balaban J connectivity index is 2.14. The molecule has 24 heavy (non-hydrogen) atoms. The highest BCUT2D eigenvalue weighted by Crippen LogP contribution is 2.28. The number of aromatic hydroxyl groups is 1. The van der Waals surface area contributed by atoms with Gasteiger partial charge in [0.25, 0.3) is 5.56 Å². The first-order valence-electron chi connectivity index (χ1n) is 7.14. The summed E-state index contributed by atoms with van der Waals surface area (Å²) in [4.78, 5) is 14.7. The van der Waals surface area contributed by atoms with Gasteiger partial charge in [-0.3, -0.25) is 14.3 Å². The number of ether oxygens (including phenoxy) is 2. The van der Waals surface area contributed by atoms with Crippen LogP contribution in [0.1, 0.15) is 19.4 Å². The number of rotatable bonds is 2. The van der Waals surface area contributed by atoms with Gasteiger partial charge in [0.1, 0.15) is 17.9 Å². The van der Waals surface area contributed by atoms with Crippen LogP contribution in [0.25, 0.3) is 11.8 Å². The molecule has 2 N–H and O–H groups in total. The van der Waals surface area contributed by atoms with E-state index < -0.39 is 11.3 Å². The summed E-state index contributed by atoms with van der Waals surface area (Å²) in [6.07, 6.45) is 1.45. The van der Waals surface area contributed by atoms with Crippen molar-refractivity contribution in [2.24, 2.45) is 0 Å².